The highest BCUT2D eigenvalue weighted by molar-refractivity contribution is 5.95. The molecule has 0 aliphatic carbocycles. The van der Waals surface area contributed by atoms with Gasteiger partial charge in [-0.25, -0.2) is 0 Å². The molecule has 1 atom stereocenters. The number of nitrogens with one attached hydrogen (secondary N) is 2. The molecule has 1 unspecified atom stereocenters. The molecule has 3 heteroatoms. The van der Waals surface area contributed by atoms with E-state index in [2.05, 4.69) is 17.6 Å². The van der Waals surface area contributed by atoms with Crippen LogP contribution in [0.15, 0.2) is 24.3 Å². The van der Waals surface area contributed by atoms with Crippen LogP contribution in [-0.2, 0) is 6.42 Å². The molecule has 1 aromatic rings. The second-order valence-corrected chi connectivity index (χ2v) is 4.29. The van der Waals surface area contributed by atoms with Crippen LogP contribution in [0.2, 0.25) is 0 Å². The summed E-state index contributed by atoms with van der Waals surface area (Å²) >= 11 is 0. The maximum Gasteiger partial charge on any atom is 0.251 e. The van der Waals surface area contributed by atoms with E-state index in [0.717, 1.165) is 30.5 Å². The van der Waals surface area contributed by atoms with E-state index in [1.54, 1.807) is 0 Å². The average molecular weight is 234 g/mol. The highest BCUT2D eigenvalue weighted by Crippen LogP contribution is 2.09. The molecule has 1 rings (SSSR count). The van der Waals surface area contributed by atoms with Gasteiger partial charge >= 0.3 is 0 Å². The second-order valence-electron chi connectivity index (χ2n) is 4.29. The normalized spacial score (nSPS) is 12.2. The summed E-state index contributed by atoms with van der Waals surface area (Å²) in [4.78, 5) is 12.1. The molecule has 1 aromatic carbocycles. The van der Waals surface area contributed by atoms with Crippen molar-refractivity contribution in [2.75, 3.05) is 13.6 Å². The van der Waals surface area contributed by atoms with Crippen molar-refractivity contribution < 1.29 is 4.79 Å². The lowest BCUT2D eigenvalue weighted by molar-refractivity contribution is 0.0938. The van der Waals surface area contributed by atoms with E-state index in [0.29, 0.717) is 0 Å². The standard InChI is InChI=1S/C14H22N2O/c1-4-11(2)16-14(17)13-8-6-5-7-12(13)9-10-15-3/h5-8,11,15H,4,9-10H2,1-3H3,(H,16,17). The average Bonchev–Trinajstić information content (AvgIpc) is 2.36. The Bertz CT molecular complexity index is 363. The molecule has 0 saturated carbocycles. The van der Waals surface area contributed by atoms with Crippen molar-refractivity contribution in [1.82, 2.24) is 10.6 Å². The maximum atomic E-state index is 12.1. The molecule has 0 saturated heterocycles. The minimum atomic E-state index is 0.0334. The van der Waals surface area contributed by atoms with Gasteiger partial charge in [0.05, 0.1) is 0 Å². The Hall–Kier alpha value is -1.35. The third-order valence-corrected chi connectivity index (χ3v) is 2.90. The van der Waals surface area contributed by atoms with E-state index in [1.807, 2.05) is 38.2 Å². The van der Waals surface area contributed by atoms with E-state index in [1.165, 1.54) is 0 Å². The van der Waals surface area contributed by atoms with E-state index in [-0.39, 0.29) is 11.9 Å². The molecule has 0 spiro atoms. The van der Waals surface area contributed by atoms with Crippen molar-refractivity contribution in [2.45, 2.75) is 32.7 Å². The zero-order valence-electron chi connectivity index (χ0n) is 10.9. The van der Waals surface area contributed by atoms with E-state index in [9.17, 15) is 4.79 Å². The van der Waals surface area contributed by atoms with Crippen molar-refractivity contribution >= 4 is 5.91 Å². The molecule has 0 aliphatic heterocycles. The Kier molecular flexibility index (Phi) is 5.70. The van der Waals surface area contributed by atoms with Gasteiger partial charge in [-0.2, -0.15) is 0 Å². The predicted molar refractivity (Wildman–Crippen MR) is 71.3 cm³/mol. The smallest absolute Gasteiger partial charge is 0.251 e. The minimum absolute atomic E-state index is 0.0334. The Labute approximate surface area is 104 Å². The third kappa shape index (κ3) is 4.19. The fraction of sp³-hybridized carbons (Fsp3) is 0.500. The van der Waals surface area contributed by atoms with E-state index in [4.69, 9.17) is 0 Å². The van der Waals surface area contributed by atoms with Gasteiger partial charge in [0.15, 0.2) is 0 Å². The number of hydrogen-bond acceptors (Lipinski definition) is 2. The topological polar surface area (TPSA) is 41.1 Å². The van der Waals surface area contributed by atoms with Gasteiger partial charge < -0.3 is 10.6 Å². The van der Waals surface area contributed by atoms with Gasteiger partial charge in [-0.05, 0) is 45.0 Å². The van der Waals surface area contributed by atoms with Crippen LogP contribution in [0.3, 0.4) is 0 Å². The number of carbonyl (C=O) groups is 1. The zero-order valence-corrected chi connectivity index (χ0v) is 10.9. The lowest BCUT2D eigenvalue weighted by atomic mass is 10.0. The molecule has 2 N–H and O–H groups in total. The maximum absolute atomic E-state index is 12.1. The van der Waals surface area contributed by atoms with Gasteiger partial charge in [-0.3, -0.25) is 4.79 Å². The van der Waals surface area contributed by atoms with Crippen LogP contribution in [0.4, 0.5) is 0 Å². The quantitative estimate of drug-likeness (QED) is 0.790. The molecule has 0 fully saturated rings. The summed E-state index contributed by atoms with van der Waals surface area (Å²) in [7, 11) is 1.92. The number of rotatable bonds is 6. The summed E-state index contributed by atoms with van der Waals surface area (Å²) in [5.41, 5.74) is 1.89. The van der Waals surface area contributed by atoms with E-state index >= 15 is 0 Å². The van der Waals surface area contributed by atoms with Crippen molar-refractivity contribution in [1.29, 1.82) is 0 Å². The highest BCUT2D eigenvalue weighted by Gasteiger charge is 2.11. The summed E-state index contributed by atoms with van der Waals surface area (Å²) in [6.07, 6.45) is 1.82. The Morgan fingerprint density at radius 2 is 2.06 bits per heavy atom. The summed E-state index contributed by atoms with van der Waals surface area (Å²) in [6, 6.07) is 8.02. The molecule has 94 valence electrons. The molecule has 0 heterocycles. The molecular weight excluding hydrogens is 212 g/mol. The first kappa shape index (κ1) is 13.7. The van der Waals surface area contributed by atoms with Gasteiger partial charge in [0.25, 0.3) is 5.91 Å². The minimum Gasteiger partial charge on any atom is -0.350 e. The first-order valence-corrected chi connectivity index (χ1v) is 6.22. The van der Waals surface area contributed by atoms with Crippen molar-refractivity contribution in [3.05, 3.63) is 35.4 Å². The molecule has 1 amide bonds. The van der Waals surface area contributed by atoms with Gasteiger partial charge in [-0.1, -0.05) is 25.1 Å². The van der Waals surface area contributed by atoms with Crippen LogP contribution in [0.25, 0.3) is 0 Å². The van der Waals surface area contributed by atoms with Crippen LogP contribution in [0.1, 0.15) is 36.2 Å². The molecule has 0 radical (unpaired) electrons. The number of carbonyl (C=O) groups excluding carboxylic acids is 1. The fourth-order valence-corrected chi connectivity index (χ4v) is 1.62. The largest absolute Gasteiger partial charge is 0.350 e. The van der Waals surface area contributed by atoms with Gasteiger partial charge in [-0.15, -0.1) is 0 Å². The molecular formula is C14H22N2O. The molecule has 17 heavy (non-hydrogen) atoms. The molecule has 0 aromatic heterocycles. The second kappa shape index (κ2) is 7.07. The number of amides is 1. The van der Waals surface area contributed by atoms with Crippen LogP contribution < -0.4 is 10.6 Å². The fourth-order valence-electron chi connectivity index (χ4n) is 1.62. The molecule has 3 nitrogen and oxygen atoms in total. The first-order chi connectivity index (χ1) is 8.19. The predicted octanol–water partition coefficient (Wildman–Crippen LogP) is 1.98. The highest BCUT2D eigenvalue weighted by atomic mass is 16.1. The molecule has 0 aliphatic rings. The van der Waals surface area contributed by atoms with Crippen LogP contribution >= 0.6 is 0 Å². The SMILES string of the molecule is CCC(C)NC(=O)c1ccccc1CCNC. The summed E-state index contributed by atoms with van der Waals surface area (Å²) < 4.78 is 0. The zero-order chi connectivity index (χ0) is 12.7. The van der Waals surface area contributed by atoms with Crippen LogP contribution in [0, 0.1) is 0 Å². The van der Waals surface area contributed by atoms with Crippen LogP contribution in [0.5, 0.6) is 0 Å². The van der Waals surface area contributed by atoms with Crippen molar-refractivity contribution in [3.8, 4) is 0 Å². The van der Waals surface area contributed by atoms with Crippen LogP contribution in [-0.4, -0.2) is 25.5 Å². The Morgan fingerprint density at radius 1 is 1.35 bits per heavy atom. The van der Waals surface area contributed by atoms with E-state index < -0.39 is 0 Å². The lowest BCUT2D eigenvalue weighted by Crippen LogP contribution is -2.32. The number of hydrogen-bond donors (Lipinski definition) is 2. The summed E-state index contributed by atoms with van der Waals surface area (Å²) in [5.74, 6) is 0.0334. The number of benzene rings is 1. The van der Waals surface area contributed by atoms with Gasteiger partial charge in [0.1, 0.15) is 0 Å². The summed E-state index contributed by atoms with van der Waals surface area (Å²) in [6.45, 7) is 4.97. The summed E-state index contributed by atoms with van der Waals surface area (Å²) in [5, 5.41) is 6.11. The lowest BCUT2D eigenvalue weighted by Gasteiger charge is -2.14. The third-order valence-electron chi connectivity index (χ3n) is 2.90. The van der Waals surface area contributed by atoms with Gasteiger partial charge in [0, 0.05) is 11.6 Å². The number of likely N-dealkylation sites (N-methyl/N-ethyl adjacent to an activating group) is 1. The Balaban J connectivity index is 2.77. The first-order valence-electron chi connectivity index (χ1n) is 6.22. The van der Waals surface area contributed by atoms with Crippen molar-refractivity contribution in [3.63, 3.8) is 0 Å². The molecule has 0 bridgehead atoms. The Morgan fingerprint density at radius 3 is 2.71 bits per heavy atom. The van der Waals surface area contributed by atoms with Gasteiger partial charge in [0.2, 0.25) is 0 Å². The van der Waals surface area contributed by atoms with Crippen molar-refractivity contribution in [2.24, 2.45) is 0 Å². The monoisotopic (exact) mass is 234 g/mol.